The van der Waals surface area contributed by atoms with E-state index in [1.165, 1.54) is 4.31 Å². The molecule has 1 aliphatic carbocycles. The molecule has 1 aromatic heterocycles. The summed E-state index contributed by atoms with van der Waals surface area (Å²) in [5.74, 6) is 1.79. The van der Waals surface area contributed by atoms with Gasteiger partial charge in [0.15, 0.2) is 5.76 Å². The second-order valence-electron chi connectivity index (χ2n) is 8.75. The number of aromatic nitrogens is 1. The lowest BCUT2D eigenvalue weighted by Gasteiger charge is -2.35. The fourth-order valence-electron chi connectivity index (χ4n) is 4.40. The highest BCUT2D eigenvalue weighted by Crippen LogP contribution is 2.32. The normalized spacial score (nSPS) is 17.3. The van der Waals surface area contributed by atoms with Crippen LogP contribution in [-0.4, -0.2) is 86.6 Å². The second kappa shape index (κ2) is 9.93. The number of ether oxygens (including phenoxy) is 2. The minimum atomic E-state index is -3.71. The van der Waals surface area contributed by atoms with Gasteiger partial charge in [-0.05, 0) is 44.9 Å². The van der Waals surface area contributed by atoms with E-state index in [2.05, 4.69) is 10.1 Å². The molecule has 1 aromatic carbocycles. The van der Waals surface area contributed by atoms with Crippen LogP contribution >= 0.6 is 0 Å². The number of nitrogens with zero attached hydrogens (tertiary/aromatic N) is 4. The van der Waals surface area contributed by atoms with Crippen molar-refractivity contribution in [2.45, 2.75) is 44.2 Å². The van der Waals surface area contributed by atoms with Gasteiger partial charge in [-0.1, -0.05) is 5.16 Å². The van der Waals surface area contributed by atoms with Gasteiger partial charge in [-0.3, -0.25) is 9.69 Å². The Morgan fingerprint density at radius 2 is 1.85 bits per heavy atom. The Balaban J connectivity index is 1.39. The number of carbonyl (C=O) groups excluding carboxylic acids is 1. The number of amides is 1. The zero-order valence-electron chi connectivity index (χ0n) is 20.1. The topological polar surface area (TPSA) is 105 Å². The largest absolute Gasteiger partial charge is 0.497 e. The van der Waals surface area contributed by atoms with Crippen molar-refractivity contribution in [1.29, 1.82) is 0 Å². The molecule has 1 saturated carbocycles. The fourth-order valence-corrected chi connectivity index (χ4v) is 6.11. The Labute approximate surface area is 200 Å². The average Bonchev–Trinajstić information content (AvgIpc) is 3.62. The molecule has 11 heteroatoms. The van der Waals surface area contributed by atoms with Gasteiger partial charge < -0.3 is 18.9 Å². The van der Waals surface area contributed by atoms with Gasteiger partial charge in [-0.15, -0.1) is 0 Å². The third-order valence-electron chi connectivity index (χ3n) is 6.42. The molecule has 0 spiro atoms. The van der Waals surface area contributed by atoms with E-state index in [1.54, 1.807) is 33.0 Å². The molecule has 34 heavy (non-hydrogen) atoms. The summed E-state index contributed by atoms with van der Waals surface area (Å²) in [4.78, 5) is 17.2. The van der Waals surface area contributed by atoms with Crippen LogP contribution in [0.4, 0.5) is 0 Å². The standard InChI is InChI=1S/C23H32N4O6S/c1-16-23(17(2)33-24-16)34(29,30)27-11-9-25(10-12-27)22(28)15-26(19-5-6-19)14-18-13-20(31-3)7-8-21(18)32-4/h7-8,13,19H,5-6,9-12,14-15H2,1-4H3. The van der Waals surface area contributed by atoms with Crippen LogP contribution in [-0.2, 0) is 21.4 Å². The van der Waals surface area contributed by atoms with Crippen LogP contribution in [0, 0.1) is 13.8 Å². The smallest absolute Gasteiger partial charge is 0.248 e. The van der Waals surface area contributed by atoms with Crippen molar-refractivity contribution in [3.63, 3.8) is 0 Å². The lowest BCUT2D eigenvalue weighted by Crippen LogP contribution is -2.52. The molecule has 0 bridgehead atoms. The Hall–Kier alpha value is -2.63. The highest BCUT2D eigenvalue weighted by Gasteiger charge is 2.36. The van der Waals surface area contributed by atoms with Crippen LogP contribution in [0.3, 0.4) is 0 Å². The van der Waals surface area contributed by atoms with E-state index in [4.69, 9.17) is 14.0 Å². The average molecular weight is 493 g/mol. The lowest BCUT2D eigenvalue weighted by atomic mass is 10.1. The summed E-state index contributed by atoms with van der Waals surface area (Å²) in [7, 11) is -0.450. The van der Waals surface area contributed by atoms with Crippen molar-refractivity contribution in [1.82, 2.24) is 19.3 Å². The van der Waals surface area contributed by atoms with Crippen molar-refractivity contribution in [3.05, 3.63) is 35.2 Å². The molecule has 0 radical (unpaired) electrons. The molecule has 2 heterocycles. The number of hydrogen-bond acceptors (Lipinski definition) is 8. The molecule has 1 saturated heterocycles. The van der Waals surface area contributed by atoms with Gasteiger partial charge in [0.25, 0.3) is 0 Å². The molecule has 2 aromatic rings. The monoisotopic (exact) mass is 492 g/mol. The molecule has 0 atom stereocenters. The van der Waals surface area contributed by atoms with Crippen LogP contribution in [0.5, 0.6) is 11.5 Å². The van der Waals surface area contributed by atoms with Crippen molar-refractivity contribution in [2.75, 3.05) is 46.9 Å². The first-order valence-electron chi connectivity index (χ1n) is 11.4. The van der Waals surface area contributed by atoms with E-state index in [0.717, 1.165) is 29.9 Å². The van der Waals surface area contributed by atoms with E-state index in [-0.39, 0.29) is 36.2 Å². The predicted octanol–water partition coefficient (Wildman–Crippen LogP) is 1.81. The maximum Gasteiger partial charge on any atom is 0.248 e. The molecule has 1 amide bonds. The summed E-state index contributed by atoms with van der Waals surface area (Å²) >= 11 is 0. The van der Waals surface area contributed by atoms with Crippen LogP contribution in [0.1, 0.15) is 29.9 Å². The SMILES string of the molecule is COc1ccc(OC)c(CN(CC(=O)N2CCN(S(=O)(=O)c3c(C)noc3C)CC2)C2CC2)c1. The molecule has 4 rings (SSSR count). The van der Waals surface area contributed by atoms with E-state index in [9.17, 15) is 13.2 Å². The van der Waals surface area contributed by atoms with E-state index in [0.29, 0.717) is 31.4 Å². The zero-order chi connectivity index (χ0) is 24.5. The van der Waals surface area contributed by atoms with E-state index < -0.39 is 10.0 Å². The molecule has 0 N–H and O–H groups in total. The van der Waals surface area contributed by atoms with Crippen LogP contribution in [0.15, 0.2) is 27.6 Å². The summed E-state index contributed by atoms with van der Waals surface area (Å²) in [5.41, 5.74) is 1.32. The third-order valence-corrected chi connectivity index (χ3v) is 8.56. The number of piperazine rings is 1. The van der Waals surface area contributed by atoms with Crippen LogP contribution < -0.4 is 9.47 Å². The van der Waals surface area contributed by atoms with Crippen molar-refractivity contribution in [3.8, 4) is 11.5 Å². The number of methoxy groups -OCH3 is 2. The molecule has 2 fully saturated rings. The minimum absolute atomic E-state index is 0.00292. The first kappa shape index (κ1) is 24.5. The number of rotatable bonds is 9. The van der Waals surface area contributed by atoms with Crippen LogP contribution in [0.2, 0.25) is 0 Å². The number of sulfonamides is 1. The van der Waals surface area contributed by atoms with Gasteiger partial charge in [0.1, 0.15) is 22.1 Å². The van der Waals surface area contributed by atoms with E-state index >= 15 is 0 Å². The predicted molar refractivity (Wildman–Crippen MR) is 124 cm³/mol. The third kappa shape index (κ3) is 5.06. The summed E-state index contributed by atoms with van der Waals surface area (Å²) in [5, 5.41) is 3.77. The fraction of sp³-hybridized carbons (Fsp3) is 0.565. The molecular weight excluding hydrogens is 460 g/mol. The highest BCUT2D eigenvalue weighted by atomic mass is 32.2. The van der Waals surface area contributed by atoms with Crippen molar-refractivity contribution in [2.24, 2.45) is 0 Å². The lowest BCUT2D eigenvalue weighted by molar-refractivity contribution is -0.133. The number of hydrogen-bond donors (Lipinski definition) is 0. The van der Waals surface area contributed by atoms with Gasteiger partial charge in [0.05, 0.1) is 20.8 Å². The highest BCUT2D eigenvalue weighted by molar-refractivity contribution is 7.89. The molecule has 2 aliphatic rings. The number of carbonyl (C=O) groups is 1. The first-order chi connectivity index (χ1) is 16.2. The second-order valence-corrected chi connectivity index (χ2v) is 10.6. The Morgan fingerprint density at radius 3 is 2.41 bits per heavy atom. The van der Waals surface area contributed by atoms with Gasteiger partial charge in [-0.2, -0.15) is 4.31 Å². The molecule has 10 nitrogen and oxygen atoms in total. The summed E-state index contributed by atoms with van der Waals surface area (Å²) in [6.45, 7) is 5.25. The molecular formula is C23H32N4O6S. The quantitative estimate of drug-likeness (QED) is 0.522. The van der Waals surface area contributed by atoms with Gasteiger partial charge in [-0.25, -0.2) is 8.42 Å². The number of aryl methyl sites for hydroxylation is 2. The molecule has 0 unspecified atom stereocenters. The minimum Gasteiger partial charge on any atom is -0.497 e. The summed E-state index contributed by atoms with van der Waals surface area (Å²) < 4.78 is 43.4. The maximum absolute atomic E-state index is 13.1. The van der Waals surface area contributed by atoms with Crippen molar-refractivity contribution < 1.29 is 27.2 Å². The number of benzene rings is 1. The van der Waals surface area contributed by atoms with Crippen molar-refractivity contribution >= 4 is 15.9 Å². The summed E-state index contributed by atoms with van der Waals surface area (Å²) in [6, 6.07) is 6.03. The maximum atomic E-state index is 13.1. The zero-order valence-corrected chi connectivity index (χ0v) is 20.9. The summed E-state index contributed by atoms with van der Waals surface area (Å²) in [6.07, 6.45) is 2.12. The van der Waals surface area contributed by atoms with Gasteiger partial charge >= 0.3 is 0 Å². The van der Waals surface area contributed by atoms with Gasteiger partial charge in [0.2, 0.25) is 15.9 Å². The van der Waals surface area contributed by atoms with Crippen LogP contribution in [0.25, 0.3) is 0 Å². The first-order valence-corrected chi connectivity index (χ1v) is 12.8. The Kier molecular flexibility index (Phi) is 7.15. The Morgan fingerprint density at radius 1 is 1.15 bits per heavy atom. The molecule has 1 aliphatic heterocycles. The van der Waals surface area contributed by atoms with Gasteiger partial charge in [0, 0.05) is 44.3 Å². The molecule has 186 valence electrons. The Bertz CT molecular complexity index is 1120. The van der Waals surface area contributed by atoms with E-state index in [1.807, 2.05) is 18.2 Å².